The second-order valence-corrected chi connectivity index (χ2v) is 8.74. The maximum Gasteiger partial charge on any atom is 0.288 e. The van der Waals surface area contributed by atoms with Crippen LogP contribution in [0.3, 0.4) is 0 Å². The highest BCUT2D eigenvalue weighted by Crippen LogP contribution is 2.33. The highest BCUT2D eigenvalue weighted by Gasteiger charge is 2.21. The van der Waals surface area contributed by atoms with Crippen molar-refractivity contribution in [2.24, 2.45) is 0 Å². The monoisotopic (exact) mass is 456 g/mol. The molecule has 7 nitrogen and oxygen atoms in total. The van der Waals surface area contributed by atoms with E-state index in [2.05, 4.69) is 50.2 Å². The van der Waals surface area contributed by atoms with E-state index in [1.165, 1.54) is 11.6 Å². The molecular weight excluding hydrogens is 431 g/mol. The molecule has 0 aliphatic carbocycles. The minimum atomic E-state index is -0.273. The zero-order valence-corrected chi connectivity index (χ0v) is 19.4. The lowest BCUT2D eigenvalue weighted by Crippen LogP contribution is -2.11. The Morgan fingerprint density at radius 2 is 2.09 bits per heavy atom. The molecule has 0 unspecified atom stereocenters. The molecule has 2 aromatic heterocycles. The van der Waals surface area contributed by atoms with Gasteiger partial charge in [-0.05, 0) is 49.8 Å². The van der Waals surface area contributed by atoms with Gasteiger partial charge in [0.25, 0.3) is 5.82 Å². The van der Waals surface area contributed by atoms with Gasteiger partial charge in [-0.25, -0.2) is 9.37 Å². The Hall–Kier alpha value is -3.96. The Labute approximate surface area is 197 Å². The molecule has 3 heterocycles. The van der Waals surface area contributed by atoms with Gasteiger partial charge >= 0.3 is 0 Å². The van der Waals surface area contributed by atoms with Gasteiger partial charge in [-0.3, -0.25) is 4.40 Å². The number of fused-ring (bicyclic) bond motifs is 2. The van der Waals surface area contributed by atoms with Crippen LogP contribution in [0.4, 0.5) is 16.2 Å². The van der Waals surface area contributed by atoms with E-state index in [0.29, 0.717) is 30.2 Å². The zero-order valence-electron chi connectivity index (χ0n) is 19.4. The molecule has 8 heteroatoms. The fraction of sp³-hybridized carbons (Fsp3) is 0.269. The average Bonchev–Trinajstić information content (AvgIpc) is 3.46. The number of hydrogen-bond donors (Lipinski definition) is 1. The van der Waals surface area contributed by atoms with Crippen LogP contribution >= 0.6 is 0 Å². The van der Waals surface area contributed by atoms with E-state index in [4.69, 9.17) is 11.3 Å². The van der Waals surface area contributed by atoms with Gasteiger partial charge in [0.15, 0.2) is 0 Å². The van der Waals surface area contributed by atoms with E-state index < -0.39 is 0 Å². The predicted octanol–water partition coefficient (Wildman–Crippen LogP) is 5.00. The summed E-state index contributed by atoms with van der Waals surface area (Å²) in [4.78, 5) is 14.8. The van der Waals surface area contributed by atoms with Crippen molar-refractivity contribution in [1.82, 2.24) is 19.3 Å². The van der Waals surface area contributed by atoms with Gasteiger partial charge < -0.3 is 19.8 Å². The summed E-state index contributed by atoms with van der Waals surface area (Å²) in [5.41, 5.74) is 6.28. The van der Waals surface area contributed by atoms with E-state index in [0.717, 1.165) is 34.5 Å². The molecular formula is C26H25FN6O. The molecule has 34 heavy (non-hydrogen) atoms. The lowest BCUT2D eigenvalue weighted by Gasteiger charge is -2.14. The van der Waals surface area contributed by atoms with Crippen LogP contribution in [-0.2, 0) is 19.5 Å². The number of aryl methyl sites for hydroxylation is 1. The Morgan fingerprint density at radius 1 is 1.24 bits per heavy atom. The van der Waals surface area contributed by atoms with Crippen LogP contribution in [0.5, 0.6) is 5.75 Å². The number of rotatable bonds is 6. The molecule has 0 bridgehead atoms. The van der Waals surface area contributed by atoms with Crippen molar-refractivity contribution in [2.75, 3.05) is 26.0 Å². The van der Waals surface area contributed by atoms with Crippen LogP contribution in [0, 0.1) is 19.3 Å². The molecule has 1 aliphatic rings. The summed E-state index contributed by atoms with van der Waals surface area (Å²) in [6.45, 7) is 11.2. The number of aromatic nitrogens is 3. The van der Waals surface area contributed by atoms with Crippen molar-refractivity contribution < 1.29 is 9.13 Å². The van der Waals surface area contributed by atoms with E-state index in [-0.39, 0.29) is 18.2 Å². The lowest BCUT2D eigenvalue weighted by atomic mass is 10.00. The van der Waals surface area contributed by atoms with Crippen LogP contribution in [-0.4, -0.2) is 40.0 Å². The van der Waals surface area contributed by atoms with E-state index in [1.807, 2.05) is 14.1 Å². The van der Waals surface area contributed by atoms with Crippen LogP contribution in [0.25, 0.3) is 21.6 Å². The molecule has 2 aromatic carbocycles. The number of halogens is 1. The van der Waals surface area contributed by atoms with E-state index in [9.17, 15) is 4.39 Å². The first-order valence-electron chi connectivity index (χ1n) is 11.1. The van der Waals surface area contributed by atoms with Crippen molar-refractivity contribution >= 4 is 17.4 Å². The molecule has 1 N–H and O–H groups in total. The number of hydrogen-bond acceptors (Lipinski definition) is 5. The summed E-state index contributed by atoms with van der Waals surface area (Å²) in [6.07, 6.45) is 4.11. The molecule has 0 spiro atoms. The third-order valence-corrected chi connectivity index (χ3v) is 6.04. The van der Waals surface area contributed by atoms with Gasteiger partial charge in [-0.2, -0.15) is 0 Å². The summed E-state index contributed by atoms with van der Waals surface area (Å²) in [5, 5.41) is 3.24. The second kappa shape index (κ2) is 8.76. The van der Waals surface area contributed by atoms with Crippen molar-refractivity contribution in [3.05, 3.63) is 82.2 Å². The van der Waals surface area contributed by atoms with Gasteiger partial charge in [0.2, 0.25) is 11.6 Å². The minimum absolute atomic E-state index is 0.254. The van der Waals surface area contributed by atoms with E-state index in [1.54, 1.807) is 22.9 Å². The molecule has 1 aliphatic heterocycles. The number of ether oxygens (including phenoxy) is 1. The first-order chi connectivity index (χ1) is 16.4. The number of nitrogens with one attached hydrogen (secondary N) is 1. The van der Waals surface area contributed by atoms with Crippen molar-refractivity contribution in [3.8, 4) is 16.9 Å². The maximum atomic E-state index is 14.6. The number of benzene rings is 2. The Morgan fingerprint density at radius 3 is 2.85 bits per heavy atom. The quantitative estimate of drug-likeness (QED) is 0.414. The molecule has 5 rings (SSSR count). The summed E-state index contributed by atoms with van der Waals surface area (Å²) in [7, 11) is 4.09. The molecule has 4 aromatic rings. The lowest BCUT2D eigenvalue weighted by molar-refractivity contribution is 0.356. The molecule has 0 radical (unpaired) electrons. The largest absolute Gasteiger partial charge is 0.493 e. The van der Waals surface area contributed by atoms with Gasteiger partial charge in [-0.15, -0.1) is 0 Å². The fourth-order valence-corrected chi connectivity index (χ4v) is 4.50. The normalized spacial score (nSPS) is 12.6. The van der Waals surface area contributed by atoms with Gasteiger partial charge in [-0.1, -0.05) is 29.8 Å². The maximum absolute atomic E-state index is 14.6. The molecule has 0 saturated carbocycles. The van der Waals surface area contributed by atoms with Gasteiger partial charge in [0.1, 0.15) is 11.6 Å². The predicted molar refractivity (Wildman–Crippen MR) is 130 cm³/mol. The van der Waals surface area contributed by atoms with Crippen molar-refractivity contribution in [3.63, 3.8) is 0 Å². The Bertz CT molecular complexity index is 1440. The number of anilines is 1. The summed E-state index contributed by atoms with van der Waals surface area (Å²) in [6, 6.07) is 9.45. The van der Waals surface area contributed by atoms with Crippen molar-refractivity contribution in [2.45, 2.75) is 26.4 Å². The summed E-state index contributed by atoms with van der Waals surface area (Å²) < 4.78 is 21.9. The van der Waals surface area contributed by atoms with Crippen LogP contribution in [0.15, 0.2) is 42.7 Å². The number of nitrogens with zero attached hydrogens (tertiary/aromatic N) is 5. The average molecular weight is 457 g/mol. The number of imidazole rings is 1. The van der Waals surface area contributed by atoms with E-state index >= 15 is 0 Å². The summed E-state index contributed by atoms with van der Waals surface area (Å²) in [5.74, 6) is 1.24. The van der Waals surface area contributed by atoms with Crippen molar-refractivity contribution in [1.29, 1.82) is 0 Å². The van der Waals surface area contributed by atoms with Crippen LogP contribution < -0.4 is 10.1 Å². The zero-order chi connectivity index (χ0) is 23.8. The standard InChI is InChI=1S/C26H25FN6O/c1-16-11-17(14-32(3)4)5-6-18(16)21-13-30-26(33-15-24(28-2)31-25(21)33)29-12-20-19-9-10-34-23(19)8-7-22(20)27/h5-8,11,13,15H,9-10,12,14H2,1,3-4H3,(H,29,30). The minimum Gasteiger partial charge on any atom is -0.493 e. The smallest absolute Gasteiger partial charge is 0.288 e. The first-order valence-corrected chi connectivity index (χ1v) is 11.1. The third kappa shape index (κ3) is 3.95. The summed E-state index contributed by atoms with van der Waals surface area (Å²) >= 11 is 0. The molecule has 172 valence electrons. The van der Waals surface area contributed by atoms with Gasteiger partial charge in [0, 0.05) is 43.0 Å². The van der Waals surface area contributed by atoms with Crippen LogP contribution in [0.2, 0.25) is 0 Å². The van der Waals surface area contributed by atoms with Crippen LogP contribution in [0.1, 0.15) is 22.3 Å². The fourth-order valence-electron chi connectivity index (χ4n) is 4.50. The highest BCUT2D eigenvalue weighted by atomic mass is 19.1. The molecule has 0 saturated heterocycles. The Balaban J connectivity index is 1.52. The first kappa shape index (κ1) is 21.9. The topological polar surface area (TPSA) is 59.1 Å². The third-order valence-electron chi connectivity index (χ3n) is 6.04. The Kier molecular flexibility index (Phi) is 5.64. The van der Waals surface area contributed by atoms with Gasteiger partial charge in [0.05, 0.1) is 12.2 Å². The highest BCUT2D eigenvalue weighted by molar-refractivity contribution is 5.81. The molecule has 0 amide bonds. The second-order valence-electron chi connectivity index (χ2n) is 8.74. The molecule has 0 atom stereocenters. The SMILES string of the molecule is [C-]#[N+]c1cn2c(NCc3c(F)ccc4c3CCO4)ncc(-c3ccc(CN(C)C)cc3C)c2n1. The molecule has 0 fully saturated rings.